The molecule has 6 heteroatoms. The number of hydrogen-bond acceptors (Lipinski definition) is 6. The predicted octanol–water partition coefficient (Wildman–Crippen LogP) is 2.63. The van der Waals surface area contributed by atoms with Crippen LogP contribution < -0.4 is 0 Å². The average molecular weight is 380 g/mol. The van der Waals surface area contributed by atoms with E-state index in [2.05, 4.69) is 6.92 Å². The average Bonchev–Trinajstić information content (AvgIpc) is 2.99. The summed E-state index contributed by atoms with van der Waals surface area (Å²) in [6.07, 6.45) is 4.11. The summed E-state index contributed by atoms with van der Waals surface area (Å²) in [4.78, 5) is 24.6. The topological polar surface area (TPSA) is 82.1 Å². The van der Waals surface area contributed by atoms with Crippen LogP contribution in [0.1, 0.15) is 53.9 Å². The van der Waals surface area contributed by atoms with Gasteiger partial charge < -0.3 is 19.3 Å². The van der Waals surface area contributed by atoms with E-state index >= 15 is 0 Å². The number of fused-ring (bicyclic) bond motifs is 2. The molecule has 0 aromatic carbocycles. The Morgan fingerprint density at radius 1 is 1.30 bits per heavy atom. The number of ketones is 1. The zero-order valence-corrected chi connectivity index (χ0v) is 16.9. The first-order valence-electron chi connectivity index (χ1n) is 10.1. The maximum absolute atomic E-state index is 13.1. The molecule has 0 spiro atoms. The Kier molecular flexibility index (Phi) is 5.80. The Morgan fingerprint density at radius 2 is 2.00 bits per heavy atom. The van der Waals surface area contributed by atoms with E-state index in [0.717, 1.165) is 12.8 Å². The van der Waals surface area contributed by atoms with Gasteiger partial charge in [-0.1, -0.05) is 33.8 Å². The Hall–Kier alpha value is -1.24. The van der Waals surface area contributed by atoms with Crippen molar-refractivity contribution in [3.8, 4) is 0 Å². The van der Waals surface area contributed by atoms with Gasteiger partial charge in [-0.05, 0) is 13.3 Å². The molecule has 0 aromatic heterocycles. The van der Waals surface area contributed by atoms with E-state index in [-0.39, 0.29) is 35.7 Å². The number of Topliss-reactive ketones (excluding diaryl/α,β-unsaturated/α-hetero) is 1. The molecule has 3 aliphatic heterocycles. The van der Waals surface area contributed by atoms with Gasteiger partial charge in [-0.15, -0.1) is 0 Å². The molecule has 0 aliphatic carbocycles. The van der Waals surface area contributed by atoms with E-state index in [9.17, 15) is 14.7 Å². The van der Waals surface area contributed by atoms with Gasteiger partial charge in [0, 0.05) is 42.6 Å². The van der Waals surface area contributed by atoms with Crippen molar-refractivity contribution in [1.82, 2.24) is 0 Å². The van der Waals surface area contributed by atoms with Crippen molar-refractivity contribution in [3.05, 3.63) is 12.2 Å². The van der Waals surface area contributed by atoms with E-state index in [1.54, 1.807) is 13.0 Å². The SMILES string of the molecule is C[C@@H]1[C@H]([C@H](C)C(=O)[C@H](C)[C@@H](O)[C@@H](C)[C@H]2CC=CC(=O)O2)O[C@]2(C)CC[C@@H]1O2. The summed E-state index contributed by atoms with van der Waals surface area (Å²) >= 11 is 0. The fourth-order valence-electron chi connectivity index (χ4n) is 4.74. The van der Waals surface area contributed by atoms with Gasteiger partial charge >= 0.3 is 5.97 Å². The zero-order valence-electron chi connectivity index (χ0n) is 16.9. The summed E-state index contributed by atoms with van der Waals surface area (Å²) in [5.41, 5.74) is 0. The van der Waals surface area contributed by atoms with E-state index in [0.29, 0.717) is 6.42 Å². The molecule has 0 saturated carbocycles. The monoisotopic (exact) mass is 380 g/mol. The van der Waals surface area contributed by atoms with Crippen LogP contribution in [0, 0.1) is 23.7 Å². The molecule has 0 amide bonds. The summed E-state index contributed by atoms with van der Waals surface area (Å²) in [6.45, 7) is 9.47. The lowest BCUT2D eigenvalue weighted by atomic mass is 9.78. The van der Waals surface area contributed by atoms with Gasteiger partial charge in [-0.25, -0.2) is 4.79 Å². The molecule has 9 atom stereocenters. The van der Waals surface area contributed by atoms with Gasteiger partial charge in [0.15, 0.2) is 5.79 Å². The zero-order chi connectivity index (χ0) is 19.9. The second kappa shape index (κ2) is 7.64. The fraction of sp³-hybridized carbons (Fsp3) is 0.810. The summed E-state index contributed by atoms with van der Waals surface area (Å²) in [5, 5.41) is 10.8. The third kappa shape index (κ3) is 3.98. The van der Waals surface area contributed by atoms with E-state index in [1.165, 1.54) is 6.08 Å². The molecule has 1 N–H and O–H groups in total. The highest BCUT2D eigenvalue weighted by Gasteiger charge is 2.51. The lowest BCUT2D eigenvalue weighted by Gasteiger charge is -2.43. The molecule has 2 fully saturated rings. The number of aliphatic hydroxyl groups is 1. The van der Waals surface area contributed by atoms with Gasteiger partial charge in [0.2, 0.25) is 0 Å². The molecule has 27 heavy (non-hydrogen) atoms. The third-order valence-electron chi connectivity index (χ3n) is 6.69. The minimum atomic E-state index is -0.883. The summed E-state index contributed by atoms with van der Waals surface area (Å²) in [6, 6.07) is 0. The number of carbonyl (C=O) groups excluding carboxylic acids is 2. The molecule has 0 unspecified atom stereocenters. The highest BCUT2D eigenvalue weighted by Crippen LogP contribution is 2.45. The highest BCUT2D eigenvalue weighted by molar-refractivity contribution is 5.84. The van der Waals surface area contributed by atoms with Crippen LogP contribution >= 0.6 is 0 Å². The van der Waals surface area contributed by atoms with Crippen molar-refractivity contribution in [2.75, 3.05) is 0 Å². The van der Waals surface area contributed by atoms with E-state index in [4.69, 9.17) is 14.2 Å². The van der Waals surface area contributed by atoms with Crippen molar-refractivity contribution >= 4 is 11.8 Å². The van der Waals surface area contributed by atoms with Crippen LogP contribution in [0.3, 0.4) is 0 Å². The first-order chi connectivity index (χ1) is 12.6. The van der Waals surface area contributed by atoms with Crippen molar-refractivity contribution in [1.29, 1.82) is 0 Å². The van der Waals surface area contributed by atoms with Crippen LogP contribution in [0.4, 0.5) is 0 Å². The molecule has 0 radical (unpaired) electrons. The van der Waals surface area contributed by atoms with Gasteiger partial charge in [0.05, 0.1) is 18.3 Å². The van der Waals surface area contributed by atoms with Crippen LogP contribution in [0.5, 0.6) is 0 Å². The molecule has 3 rings (SSSR count). The smallest absolute Gasteiger partial charge is 0.330 e. The number of hydrogen-bond donors (Lipinski definition) is 1. The van der Waals surface area contributed by atoms with Gasteiger partial charge in [-0.3, -0.25) is 4.79 Å². The molecule has 3 heterocycles. The molecular weight excluding hydrogens is 348 g/mol. The molecule has 152 valence electrons. The number of carbonyl (C=O) groups is 2. The van der Waals surface area contributed by atoms with Crippen molar-refractivity contribution in [2.24, 2.45) is 23.7 Å². The molecular formula is C21H32O6. The van der Waals surface area contributed by atoms with Crippen LogP contribution in [-0.4, -0.2) is 47.1 Å². The number of rotatable bonds is 6. The van der Waals surface area contributed by atoms with E-state index < -0.39 is 29.9 Å². The first-order valence-corrected chi connectivity index (χ1v) is 10.1. The highest BCUT2D eigenvalue weighted by atomic mass is 16.7. The number of cyclic esters (lactones) is 1. The minimum Gasteiger partial charge on any atom is -0.459 e. The predicted molar refractivity (Wildman–Crippen MR) is 98.7 cm³/mol. The molecule has 2 saturated heterocycles. The van der Waals surface area contributed by atoms with E-state index in [1.807, 2.05) is 20.8 Å². The summed E-state index contributed by atoms with van der Waals surface area (Å²) in [7, 11) is 0. The van der Waals surface area contributed by atoms with Crippen molar-refractivity contribution in [2.45, 2.75) is 84.1 Å². The maximum Gasteiger partial charge on any atom is 0.330 e. The van der Waals surface area contributed by atoms with Crippen LogP contribution in [0.15, 0.2) is 12.2 Å². The van der Waals surface area contributed by atoms with Gasteiger partial charge in [0.25, 0.3) is 0 Å². The van der Waals surface area contributed by atoms with Crippen molar-refractivity contribution < 1.29 is 28.9 Å². The lowest BCUT2D eigenvalue weighted by Crippen LogP contribution is -2.51. The Balaban J connectivity index is 1.65. The second-order valence-corrected chi connectivity index (χ2v) is 8.71. The van der Waals surface area contributed by atoms with Gasteiger partial charge in [-0.2, -0.15) is 0 Å². The first kappa shape index (κ1) is 20.5. The standard InChI is InChI=1S/C21H32O6/c1-11(15-7-6-8-17(22)25-15)18(23)13(3)19(24)14(4)20-12(2)16-9-10-21(5,26-16)27-20/h6,8,11-16,18,20,23H,7,9-10H2,1-5H3/t11-,12-,13+,14+,15+,16-,18-,20+,21+/m0/s1. The lowest BCUT2D eigenvalue weighted by molar-refractivity contribution is -0.301. The number of esters is 1. The second-order valence-electron chi connectivity index (χ2n) is 8.71. The Bertz CT molecular complexity index is 616. The third-order valence-corrected chi connectivity index (χ3v) is 6.69. The summed E-state index contributed by atoms with van der Waals surface area (Å²) in [5.74, 6) is -2.12. The van der Waals surface area contributed by atoms with Crippen LogP contribution in [0.25, 0.3) is 0 Å². The molecule has 3 aliphatic rings. The maximum atomic E-state index is 13.1. The Morgan fingerprint density at radius 3 is 2.67 bits per heavy atom. The quantitative estimate of drug-likeness (QED) is 0.714. The molecule has 0 aromatic rings. The summed E-state index contributed by atoms with van der Waals surface area (Å²) < 4.78 is 17.4. The molecule has 6 nitrogen and oxygen atoms in total. The fourth-order valence-corrected chi connectivity index (χ4v) is 4.74. The van der Waals surface area contributed by atoms with Crippen LogP contribution in [-0.2, 0) is 23.8 Å². The van der Waals surface area contributed by atoms with Gasteiger partial charge in [0.1, 0.15) is 11.9 Å². The molecule has 2 bridgehead atoms. The number of aliphatic hydroxyl groups excluding tert-OH is 1. The Labute approximate surface area is 161 Å². The normalized spacial score (nSPS) is 40.1. The van der Waals surface area contributed by atoms with Crippen LogP contribution in [0.2, 0.25) is 0 Å². The van der Waals surface area contributed by atoms with Crippen molar-refractivity contribution in [3.63, 3.8) is 0 Å². The number of ether oxygens (including phenoxy) is 3. The minimum absolute atomic E-state index is 0.0196. The largest absolute Gasteiger partial charge is 0.459 e.